The van der Waals surface area contributed by atoms with E-state index in [1.54, 1.807) is 19.9 Å². The lowest BCUT2D eigenvalue weighted by atomic mass is 10.0. The Bertz CT molecular complexity index is 1450. The minimum Gasteiger partial charge on any atom is -0.489 e. The lowest BCUT2D eigenvalue weighted by Gasteiger charge is -2.20. The molecule has 6 heteroatoms. The summed E-state index contributed by atoms with van der Waals surface area (Å²) in [6, 6.07) is 27.4. The number of carbonyl (C=O) groups is 2. The van der Waals surface area contributed by atoms with Crippen molar-refractivity contribution in [1.82, 2.24) is 5.32 Å². The molecule has 0 aliphatic rings. The summed E-state index contributed by atoms with van der Waals surface area (Å²) in [5.41, 5.74) is 6.00. The van der Waals surface area contributed by atoms with Gasteiger partial charge in [-0.2, -0.15) is 0 Å². The van der Waals surface area contributed by atoms with Crippen LogP contribution in [0.3, 0.4) is 0 Å². The Hall–Kier alpha value is -4.71. The number of hydrogen-bond acceptors (Lipinski definition) is 5. The Morgan fingerprint density at radius 2 is 1.47 bits per heavy atom. The van der Waals surface area contributed by atoms with E-state index in [9.17, 15) is 9.59 Å². The normalized spacial score (nSPS) is 13.3. The summed E-state index contributed by atoms with van der Waals surface area (Å²) in [6.07, 6.45) is 6.45. The minimum atomic E-state index is -0.338. The number of carbonyl (C=O) groups excluding carboxylic acids is 2. The van der Waals surface area contributed by atoms with Gasteiger partial charge in [-0.05, 0) is 87.6 Å². The highest BCUT2D eigenvalue weighted by atomic mass is 16.5. The predicted molar refractivity (Wildman–Crippen MR) is 174 cm³/mol. The van der Waals surface area contributed by atoms with Crippen LogP contribution in [0.4, 0.5) is 0 Å². The Labute approximate surface area is 255 Å². The van der Waals surface area contributed by atoms with E-state index in [1.807, 2.05) is 118 Å². The van der Waals surface area contributed by atoms with Gasteiger partial charge in [0.1, 0.15) is 12.4 Å². The number of nitrogens with one attached hydrogen (secondary N) is 1. The van der Waals surface area contributed by atoms with Gasteiger partial charge >= 0.3 is 5.97 Å². The molecule has 1 amide bonds. The molecule has 0 fully saturated rings. The average molecular weight is 579 g/mol. The van der Waals surface area contributed by atoms with Crippen LogP contribution in [0.25, 0.3) is 0 Å². The first-order valence-corrected chi connectivity index (χ1v) is 14.6. The molecule has 43 heavy (non-hydrogen) atoms. The van der Waals surface area contributed by atoms with Crippen LogP contribution in [0.1, 0.15) is 51.3 Å². The molecule has 0 aliphatic carbocycles. The predicted octanol–water partition coefficient (Wildman–Crippen LogP) is 7.36. The summed E-state index contributed by atoms with van der Waals surface area (Å²) in [5.74, 6) is 0.371. The third-order valence-electron chi connectivity index (χ3n) is 6.68. The minimum absolute atomic E-state index is 0.0738. The van der Waals surface area contributed by atoms with Crippen molar-refractivity contribution in [2.45, 2.75) is 60.1 Å². The zero-order valence-corrected chi connectivity index (χ0v) is 25.8. The fraction of sp³-hybridized carbons (Fsp3) is 0.270. The number of nitrogens with zero attached hydrogens (tertiary/aromatic N) is 1. The van der Waals surface area contributed by atoms with Gasteiger partial charge in [0.05, 0.1) is 24.8 Å². The van der Waals surface area contributed by atoms with Gasteiger partial charge in [0, 0.05) is 11.3 Å². The maximum absolute atomic E-state index is 13.1. The largest absolute Gasteiger partial charge is 0.489 e. The van der Waals surface area contributed by atoms with Gasteiger partial charge in [0.25, 0.3) is 0 Å². The lowest BCUT2D eigenvalue weighted by molar-refractivity contribution is -0.138. The Morgan fingerprint density at radius 1 is 0.837 bits per heavy atom. The molecular formula is C37H42N2O4. The Kier molecular flexibility index (Phi) is 13.2. The second-order valence-corrected chi connectivity index (χ2v) is 10.3. The number of hydrogen-bond donors (Lipinski definition) is 1. The van der Waals surface area contributed by atoms with Gasteiger partial charge in [-0.15, -0.1) is 0 Å². The fourth-order valence-corrected chi connectivity index (χ4v) is 4.41. The van der Waals surface area contributed by atoms with Crippen molar-refractivity contribution in [1.29, 1.82) is 0 Å². The van der Waals surface area contributed by atoms with E-state index in [2.05, 4.69) is 5.32 Å². The number of benzene rings is 3. The van der Waals surface area contributed by atoms with Gasteiger partial charge in [0.2, 0.25) is 5.91 Å². The summed E-state index contributed by atoms with van der Waals surface area (Å²) in [4.78, 5) is 30.0. The number of amides is 1. The van der Waals surface area contributed by atoms with Crippen molar-refractivity contribution in [2.24, 2.45) is 4.99 Å². The number of allylic oxidation sites excluding steroid dienone is 4. The highest BCUT2D eigenvalue weighted by molar-refractivity contribution is 5.93. The van der Waals surface area contributed by atoms with E-state index in [4.69, 9.17) is 14.5 Å². The molecule has 0 unspecified atom stereocenters. The Morgan fingerprint density at radius 3 is 2.07 bits per heavy atom. The van der Waals surface area contributed by atoms with Crippen molar-refractivity contribution < 1.29 is 19.1 Å². The zero-order chi connectivity index (χ0) is 31.0. The molecule has 0 aliphatic heterocycles. The molecule has 1 N–H and O–H groups in total. The van der Waals surface area contributed by atoms with E-state index in [-0.39, 0.29) is 24.3 Å². The molecule has 3 aromatic rings. The summed E-state index contributed by atoms with van der Waals surface area (Å²) >= 11 is 0. The van der Waals surface area contributed by atoms with E-state index in [0.717, 1.165) is 39.4 Å². The number of rotatable bonds is 14. The maximum atomic E-state index is 13.1. The average Bonchev–Trinajstić information content (AvgIpc) is 3.01. The van der Waals surface area contributed by atoms with Gasteiger partial charge in [-0.3, -0.25) is 9.79 Å². The van der Waals surface area contributed by atoms with Crippen LogP contribution in [0, 0.1) is 0 Å². The standard InChI is InChI=1S/C37H42N2O4/c1-6-33(23-27(3)22-28(4)37(41)42-7-2)38-29(5)35(39-36(40)25-30-14-10-8-11-15-30)24-31-18-20-34(21-19-31)43-26-32-16-12-9-13-17-32/h6,8-23,35H,7,24-26H2,1-5H3,(H,39,40)/b27-23+,28-22-,33-6-,38-29?/t35-/m0/s1. The van der Waals surface area contributed by atoms with Crippen LogP contribution in [0.2, 0.25) is 0 Å². The smallest absolute Gasteiger partial charge is 0.333 e. The van der Waals surface area contributed by atoms with Gasteiger partial charge in [-0.1, -0.05) is 78.9 Å². The van der Waals surface area contributed by atoms with Crippen LogP contribution in [0.5, 0.6) is 5.75 Å². The van der Waals surface area contributed by atoms with Crippen molar-refractivity contribution in [2.75, 3.05) is 6.61 Å². The molecule has 0 heterocycles. The molecule has 0 saturated heterocycles. The molecule has 0 spiro atoms. The quantitative estimate of drug-likeness (QED) is 0.0939. The van der Waals surface area contributed by atoms with Crippen molar-refractivity contribution in [3.8, 4) is 5.75 Å². The van der Waals surface area contributed by atoms with Crippen molar-refractivity contribution in [3.05, 3.63) is 137 Å². The second-order valence-electron chi connectivity index (χ2n) is 10.3. The summed E-state index contributed by atoms with van der Waals surface area (Å²) in [5, 5.41) is 3.20. The van der Waals surface area contributed by atoms with Gasteiger partial charge in [-0.25, -0.2) is 4.79 Å². The van der Waals surface area contributed by atoms with Crippen molar-refractivity contribution >= 4 is 17.6 Å². The molecule has 0 saturated carbocycles. The van der Waals surface area contributed by atoms with E-state index >= 15 is 0 Å². The molecule has 6 nitrogen and oxygen atoms in total. The first kappa shape index (κ1) is 32.8. The first-order valence-electron chi connectivity index (χ1n) is 14.6. The molecule has 0 aromatic heterocycles. The number of aliphatic imine (C=N–C) groups is 1. The van der Waals surface area contributed by atoms with Crippen molar-refractivity contribution in [3.63, 3.8) is 0 Å². The molecular weight excluding hydrogens is 536 g/mol. The van der Waals surface area contributed by atoms with Crippen LogP contribution in [0.15, 0.2) is 125 Å². The zero-order valence-electron chi connectivity index (χ0n) is 25.8. The summed E-state index contributed by atoms with van der Waals surface area (Å²) in [7, 11) is 0. The maximum Gasteiger partial charge on any atom is 0.333 e. The highest BCUT2D eigenvalue weighted by Gasteiger charge is 2.17. The summed E-state index contributed by atoms with van der Waals surface area (Å²) < 4.78 is 11.0. The molecule has 3 rings (SSSR count). The van der Waals surface area contributed by atoms with Crippen LogP contribution in [-0.2, 0) is 33.8 Å². The highest BCUT2D eigenvalue weighted by Crippen LogP contribution is 2.17. The molecule has 3 aromatic carbocycles. The van der Waals surface area contributed by atoms with Gasteiger partial charge in [0.15, 0.2) is 0 Å². The third-order valence-corrected chi connectivity index (χ3v) is 6.68. The third kappa shape index (κ3) is 11.6. The summed E-state index contributed by atoms with van der Waals surface area (Å²) in [6.45, 7) is 10.1. The first-order chi connectivity index (χ1) is 20.8. The Balaban J connectivity index is 1.78. The topological polar surface area (TPSA) is 77.0 Å². The molecule has 1 atom stereocenters. The number of ether oxygens (including phenoxy) is 2. The second kappa shape index (κ2) is 17.3. The lowest BCUT2D eigenvalue weighted by Crippen LogP contribution is -2.42. The SMILES string of the molecule is C/C=C(/C=C(C)/C=C(/C)C(=O)OCC)N=C(C)[C@H](Cc1ccc(OCc2ccccc2)cc1)NC(=O)Cc1ccccc1. The number of esters is 1. The van der Waals surface area contributed by atoms with Crippen LogP contribution >= 0.6 is 0 Å². The van der Waals surface area contributed by atoms with E-state index < -0.39 is 0 Å². The monoisotopic (exact) mass is 578 g/mol. The molecule has 224 valence electrons. The van der Waals surface area contributed by atoms with E-state index in [0.29, 0.717) is 25.2 Å². The molecule has 0 radical (unpaired) electrons. The van der Waals surface area contributed by atoms with Gasteiger partial charge < -0.3 is 14.8 Å². The van der Waals surface area contributed by atoms with Crippen LogP contribution in [-0.4, -0.2) is 30.2 Å². The van der Waals surface area contributed by atoms with E-state index in [1.165, 1.54) is 0 Å². The van der Waals surface area contributed by atoms with Crippen LogP contribution < -0.4 is 10.1 Å². The molecule has 0 bridgehead atoms. The fourth-order valence-electron chi connectivity index (χ4n) is 4.41.